The number of para-hydroxylation sites is 1. The molecule has 4 nitrogen and oxygen atoms in total. The highest BCUT2D eigenvalue weighted by atomic mass is 16.5. The number of nitrogens with two attached hydrogens (primary N) is 1. The number of fused-ring (bicyclic) bond motifs is 1. The minimum absolute atomic E-state index is 0.0436. The van der Waals surface area contributed by atoms with Crippen LogP contribution in [0.25, 0.3) is 0 Å². The molecule has 19 heavy (non-hydrogen) atoms. The van der Waals surface area contributed by atoms with Gasteiger partial charge in [0.2, 0.25) is 0 Å². The SMILES string of the molecule is CC1Cc2ccccc2N1C(=O)[C@@H]1CC[C@H](CN)O1. The molecule has 1 amide bonds. The van der Waals surface area contributed by atoms with Gasteiger partial charge in [-0.1, -0.05) is 18.2 Å². The number of carbonyl (C=O) groups excluding carboxylic acids is 1. The van der Waals surface area contributed by atoms with Gasteiger partial charge in [0.05, 0.1) is 6.10 Å². The summed E-state index contributed by atoms with van der Waals surface area (Å²) in [5.74, 6) is 0.0911. The van der Waals surface area contributed by atoms with E-state index in [-0.39, 0.29) is 24.2 Å². The van der Waals surface area contributed by atoms with Crippen molar-refractivity contribution in [1.82, 2.24) is 0 Å². The molecule has 3 rings (SSSR count). The van der Waals surface area contributed by atoms with E-state index in [0.29, 0.717) is 6.54 Å². The van der Waals surface area contributed by atoms with Crippen molar-refractivity contribution in [2.75, 3.05) is 11.4 Å². The van der Waals surface area contributed by atoms with E-state index in [2.05, 4.69) is 13.0 Å². The van der Waals surface area contributed by atoms with Gasteiger partial charge in [-0.25, -0.2) is 0 Å². The Hall–Kier alpha value is -1.39. The zero-order valence-corrected chi connectivity index (χ0v) is 11.2. The van der Waals surface area contributed by atoms with E-state index in [0.717, 1.165) is 24.9 Å². The molecule has 0 radical (unpaired) electrons. The minimum Gasteiger partial charge on any atom is -0.364 e. The normalized spacial score (nSPS) is 29.6. The van der Waals surface area contributed by atoms with E-state index in [1.54, 1.807) is 0 Å². The van der Waals surface area contributed by atoms with Crippen LogP contribution in [0.15, 0.2) is 24.3 Å². The van der Waals surface area contributed by atoms with Gasteiger partial charge in [-0.3, -0.25) is 4.79 Å². The number of hydrogen-bond acceptors (Lipinski definition) is 3. The van der Waals surface area contributed by atoms with Gasteiger partial charge in [0.15, 0.2) is 0 Å². The Bertz CT molecular complexity index is 489. The molecule has 2 heterocycles. The van der Waals surface area contributed by atoms with Crippen LogP contribution in [-0.2, 0) is 16.0 Å². The third kappa shape index (κ3) is 2.15. The number of benzene rings is 1. The summed E-state index contributed by atoms with van der Waals surface area (Å²) in [6, 6.07) is 8.33. The maximum Gasteiger partial charge on any atom is 0.256 e. The maximum absolute atomic E-state index is 12.6. The van der Waals surface area contributed by atoms with Crippen LogP contribution in [0.5, 0.6) is 0 Å². The van der Waals surface area contributed by atoms with Crippen LogP contribution < -0.4 is 10.6 Å². The van der Waals surface area contributed by atoms with Crippen molar-refractivity contribution in [3.05, 3.63) is 29.8 Å². The number of ether oxygens (including phenoxy) is 1. The van der Waals surface area contributed by atoms with Crippen molar-refractivity contribution < 1.29 is 9.53 Å². The van der Waals surface area contributed by atoms with E-state index in [1.807, 2.05) is 23.1 Å². The molecule has 2 aliphatic rings. The molecule has 0 saturated carbocycles. The molecule has 0 aliphatic carbocycles. The number of amides is 1. The Morgan fingerprint density at radius 3 is 2.95 bits per heavy atom. The summed E-state index contributed by atoms with van der Waals surface area (Å²) in [6.45, 7) is 2.59. The van der Waals surface area contributed by atoms with Crippen LogP contribution in [0.1, 0.15) is 25.3 Å². The maximum atomic E-state index is 12.6. The van der Waals surface area contributed by atoms with Gasteiger partial charge in [-0.05, 0) is 37.8 Å². The highest BCUT2D eigenvalue weighted by molar-refractivity contribution is 5.99. The van der Waals surface area contributed by atoms with Crippen LogP contribution in [0.4, 0.5) is 5.69 Å². The second-order valence-corrected chi connectivity index (χ2v) is 5.45. The second-order valence-electron chi connectivity index (χ2n) is 5.45. The van der Waals surface area contributed by atoms with Crippen molar-refractivity contribution in [3.8, 4) is 0 Å². The molecule has 102 valence electrons. The van der Waals surface area contributed by atoms with E-state index in [4.69, 9.17) is 10.5 Å². The molecule has 1 unspecified atom stereocenters. The van der Waals surface area contributed by atoms with Gasteiger partial charge >= 0.3 is 0 Å². The Balaban J connectivity index is 1.81. The summed E-state index contributed by atoms with van der Waals surface area (Å²) in [5.41, 5.74) is 7.89. The van der Waals surface area contributed by atoms with Gasteiger partial charge < -0.3 is 15.4 Å². The van der Waals surface area contributed by atoms with E-state index in [1.165, 1.54) is 5.56 Å². The molecular formula is C15H20N2O2. The number of carbonyl (C=O) groups is 1. The van der Waals surface area contributed by atoms with Gasteiger partial charge in [-0.15, -0.1) is 0 Å². The first kappa shape index (κ1) is 12.6. The van der Waals surface area contributed by atoms with Crippen molar-refractivity contribution in [2.24, 2.45) is 5.73 Å². The zero-order valence-electron chi connectivity index (χ0n) is 11.2. The molecule has 0 spiro atoms. The summed E-state index contributed by atoms with van der Waals surface area (Å²) < 4.78 is 5.73. The summed E-state index contributed by atoms with van der Waals surface area (Å²) in [7, 11) is 0. The quantitative estimate of drug-likeness (QED) is 0.876. The standard InChI is InChI=1S/C15H20N2O2/c1-10-8-11-4-2-3-5-13(11)17(10)15(18)14-7-6-12(9-16)19-14/h2-5,10,12,14H,6-9,16H2,1H3/t10?,12-,14+/m1/s1. The Kier molecular flexibility index (Phi) is 3.29. The fourth-order valence-corrected chi connectivity index (χ4v) is 3.12. The minimum atomic E-state index is -0.317. The lowest BCUT2D eigenvalue weighted by Crippen LogP contribution is -2.43. The fraction of sp³-hybridized carbons (Fsp3) is 0.533. The summed E-state index contributed by atoms with van der Waals surface area (Å²) in [6.07, 6.45) is 2.32. The van der Waals surface area contributed by atoms with Crippen molar-refractivity contribution in [2.45, 2.75) is 44.4 Å². The van der Waals surface area contributed by atoms with Crippen molar-refractivity contribution >= 4 is 11.6 Å². The lowest BCUT2D eigenvalue weighted by molar-refractivity contribution is -0.129. The van der Waals surface area contributed by atoms with Crippen molar-refractivity contribution in [3.63, 3.8) is 0 Å². The first-order valence-electron chi connectivity index (χ1n) is 6.97. The second kappa shape index (κ2) is 4.94. The number of hydrogen-bond donors (Lipinski definition) is 1. The Labute approximate surface area is 113 Å². The predicted molar refractivity (Wildman–Crippen MR) is 74.0 cm³/mol. The molecule has 4 heteroatoms. The number of anilines is 1. The van der Waals surface area contributed by atoms with Crippen molar-refractivity contribution in [1.29, 1.82) is 0 Å². The van der Waals surface area contributed by atoms with Crippen LogP contribution in [0.3, 0.4) is 0 Å². The lowest BCUT2D eigenvalue weighted by Gasteiger charge is -2.25. The molecule has 1 fully saturated rings. The summed E-state index contributed by atoms with van der Waals surface area (Å²) in [5, 5.41) is 0. The molecule has 0 aromatic heterocycles. The van der Waals surface area contributed by atoms with Gasteiger partial charge in [0.1, 0.15) is 6.10 Å². The molecule has 1 aromatic carbocycles. The zero-order chi connectivity index (χ0) is 13.4. The average Bonchev–Trinajstić information content (AvgIpc) is 3.01. The topological polar surface area (TPSA) is 55.6 Å². The van der Waals surface area contributed by atoms with E-state index < -0.39 is 0 Å². The lowest BCUT2D eigenvalue weighted by atomic mass is 10.1. The first-order chi connectivity index (χ1) is 9.20. The van der Waals surface area contributed by atoms with Crippen LogP contribution in [0.2, 0.25) is 0 Å². The third-order valence-electron chi connectivity index (χ3n) is 4.09. The Morgan fingerprint density at radius 1 is 1.42 bits per heavy atom. The third-order valence-corrected chi connectivity index (χ3v) is 4.09. The predicted octanol–water partition coefficient (Wildman–Crippen LogP) is 1.47. The highest BCUT2D eigenvalue weighted by Crippen LogP contribution is 2.34. The molecular weight excluding hydrogens is 240 g/mol. The molecule has 1 aromatic rings. The summed E-state index contributed by atoms with van der Waals surface area (Å²) >= 11 is 0. The van der Waals surface area contributed by atoms with Crippen LogP contribution in [-0.4, -0.2) is 30.7 Å². The molecule has 2 aliphatic heterocycles. The van der Waals surface area contributed by atoms with Gasteiger partial charge in [0.25, 0.3) is 5.91 Å². The van der Waals surface area contributed by atoms with Crippen LogP contribution in [0, 0.1) is 0 Å². The molecule has 2 N–H and O–H groups in total. The molecule has 0 bridgehead atoms. The largest absolute Gasteiger partial charge is 0.364 e. The van der Waals surface area contributed by atoms with Gasteiger partial charge in [-0.2, -0.15) is 0 Å². The number of rotatable bonds is 2. The van der Waals surface area contributed by atoms with Gasteiger partial charge in [0, 0.05) is 18.3 Å². The Morgan fingerprint density at radius 2 is 2.21 bits per heavy atom. The van der Waals surface area contributed by atoms with Crippen LogP contribution >= 0.6 is 0 Å². The first-order valence-corrected chi connectivity index (χ1v) is 6.97. The summed E-state index contributed by atoms with van der Waals surface area (Å²) in [4.78, 5) is 14.5. The number of nitrogens with zero attached hydrogens (tertiary/aromatic N) is 1. The average molecular weight is 260 g/mol. The van der Waals surface area contributed by atoms with E-state index >= 15 is 0 Å². The monoisotopic (exact) mass is 260 g/mol. The highest BCUT2D eigenvalue weighted by Gasteiger charge is 2.38. The van der Waals surface area contributed by atoms with E-state index in [9.17, 15) is 4.79 Å². The fourth-order valence-electron chi connectivity index (χ4n) is 3.12. The smallest absolute Gasteiger partial charge is 0.256 e. The molecule has 3 atom stereocenters. The molecule has 1 saturated heterocycles.